The first-order valence-corrected chi connectivity index (χ1v) is 7.99. The summed E-state index contributed by atoms with van der Waals surface area (Å²) in [5.74, 6) is 2.19. The number of halogens is 1. The Bertz CT molecular complexity index is 360. The van der Waals surface area contributed by atoms with Gasteiger partial charge in [-0.05, 0) is 42.5 Å². The molecular formula is C16H25BrO. The molecule has 2 heteroatoms. The second kappa shape index (κ2) is 7.83. The van der Waals surface area contributed by atoms with E-state index < -0.39 is 0 Å². The number of aryl methyl sites for hydroxylation is 1. The molecule has 0 bridgehead atoms. The molecule has 0 radical (unpaired) electrons. The van der Waals surface area contributed by atoms with Crippen LogP contribution < -0.4 is 4.74 Å². The molecule has 0 aromatic heterocycles. The largest absolute Gasteiger partial charge is 0.493 e. The lowest BCUT2D eigenvalue weighted by Gasteiger charge is -2.16. The fraction of sp³-hybridized carbons (Fsp3) is 0.625. The number of benzene rings is 1. The maximum absolute atomic E-state index is 5.90. The summed E-state index contributed by atoms with van der Waals surface area (Å²) in [5, 5.41) is 1.02. The molecule has 18 heavy (non-hydrogen) atoms. The maximum Gasteiger partial charge on any atom is 0.119 e. The van der Waals surface area contributed by atoms with Crippen LogP contribution in [0.3, 0.4) is 0 Å². The van der Waals surface area contributed by atoms with Gasteiger partial charge in [0.2, 0.25) is 0 Å². The molecule has 0 saturated heterocycles. The van der Waals surface area contributed by atoms with Crippen molar-refractivity contribution >= 4 is 15.9 Å². The van der Waals surface area contributed by atoms with Crippen LogP contribution in [0.2, 0.25) is 0 Å². The Morgan fingerprint density at radius 2 is 2.00 bits per heavy atom. The second-order valence-electron chi connectivity index (χ2n) is 5.29. The van der Waals surface area contributed by atoms with Gasteiger partial charge in [0.1, 0.15) is 5.75 Å². The van der Waals surface area contributed by atoms with Gasteiger partial charge in [0, 0.05) is 11.2 Å². The first-order chi connectivity index (χ1) is 8.58. The molecule has 0 heterocycles. The van der Waals surface area contributed by atoms with Crippen LogP contribution in [0, 0.1) is 12.8 Å². The fourth-order valence-corrected chi connectivity index (χ4v) is 2.72. The minimum atomic E-state index is 0.578. The van der Waals surface area contributed by atoms with Crippen LogP contribution >= 0.6 is 15.9 Å². The van der Waals surface area contributed by atoms with Crippen LogP contribution in [-0.2, 0) is 0 Å². The van der Waals surface area contributed by atoms with Crippen LogP contribution in [0.5, 0.6) is 5.75 Å². The molecule has 1 atom stereocenters. The fourth-order valence-electron chi connectivity index (χ4n) is 2.21. The van der Waals surface area contributed by atoms with Crippen molar-refractivity contribution in [2.24, 2.45) is 5.92 Å². The molecule has 102 valence electrons. The summed E-state index contributed by atoms with van der Waals surface area (Å²) in [6, 6.07) is 6.45. The Kier molecular flexibility index (Phi) is 6.77. The predicted molar refractivity (Wildman–Crippen MR) is 83.0 cm³/mol. The monoisotopic (exact) mass is 312 g/mol. The lowest BCUT2D eigenvalue weighted by molar-refractivity contribution is 0.255. The zero-order valence-electron chi connectivity index (χ0n) is 12.0. The second-order valence-corrected chi connectivity index (χ2v) is 5.94. The van der Waals surface area contributed by atoms with Gasteiger partial charge in [-0.25, -0.2) is 0 Å². The normalized spacial score (nSPS) is 12.8. The average Bonchev–Trinajstić information content (AvgIpc) is 2.34. The van der Waals surface area contributed by atoms with Crippen LogP contribution in [0.1, 0.15) is 50.7 Å². The summed E-state index contributed by atoms with van der Waals surface area (Å²) in [6.07, 6.45) is 2.43. The lowest BCUT2D eigenvalue weighted by atomic mass is 9.98. The topological polar surface area (TPSA) is 9.23 Å². The van der Waals surface area contributed by atoms with Crippen molar-refractivity contribution in [3.8, 4) is 5.75 Å². The quantitative estimate of drug-likeness (QED) is 0.620. The highest BCUT2D eigenvalue weighted by atomic mass is 79.9. The van der Waals surface area contributed by atoms with Gasteiger partial charge in [-0.1, -0.05) is 49.2 Å². The summed E-state index contributed by atoms with van der Waals surface area (Å²) in [6.45, 7) is 9.64. The minimum Gasteiger partial charge on any atom is -0.493 e. The Labute approximate surface area is 120 Å². The Morgan fingerprint density at radius 1 is 1.28 bits per heavy atom. The van der Waals surface area contributed by atoms with Crippen LogP contribution in [0.15, 0.2) is 18.2 Å². The van der Waals surface area contributed by atoms with Crippen LogP contribution in [-0.4, -0.2) is 11.9 Å². The molecular weight excluding hydrogens is 288 g/mol. The molecule has 0 fully saturated rings. The molecule has 0 saturated carbocycles. The van der Waals surface area contributed by atoms with Gasteiger partial charge >= 0.3 is 0 Å². The van der Waals surface area contributed by atoms with E-state index in [0.29, 0.717) is 11.8 Å². The first kappa shape index (κ1) is 15.6. The van der Waals surface area contributed by atoms with Gasteiger partial charge in [-0.15, -0.1) is 0 Å². The summed E-state index contributed by atoms with van der Waals surface area (Å²) >= 11 is 3.56. The highest BCUT2D eigenvalue weighted by Crippen LogP contribution is 2.24. The zero-order valence-corrected chi connectivity index (χ0v) is 13.6. The van der Waals surface area contributed by atoms with Crippen molar-refractivity contribution in [1.82, 2.24) is 0 Å². The van der Waals surface area contributed by atoms with Crippen molar-refractivity contribution < 1.29 is 4.74 Å². The molecule has 1 unspecified atom stereocenters. The van der Waals surface area contributed by atoms with Gasteiger partial charge in [-0.2, -0.15) is 0 Å². The van der Waals surface area contributed by atoms with E-state index >= 15 is 0 Å². The van der Waals surface area contributed by atoms with E-state index in [1.807, 2.05) is 0 Å². The maximum atomic E-state index is 5.90. The van der Waals surface area contributed by atoms with E-state index in [4.69, 9.17) is 4.74 Å². The van der Waals surface area contributed by atoms with E-state index in [0.717, 1.165) is 17.7 Å². The lowest BCUT2D eigenvalue weighted by Crippen LogP contribution is -2.13. The third-order valence-electron chi connectivity index (χ3n) is 3.26. The van der Waals surface area contributed by atoms with Crippen molar-refractivity contribution in [2.75, 3.05) is 11.9 Å². The van der Waals surface area contributed by atoms with Gasteiger partial charge < -0.3 is 4.74 Å². The number of rotatable bonds is 7. The number of hydrogen-bond acceptors (Lipinski definition) is 1. The summed E-state index contributed by atoms with van der Waals surface area (Å²) in [5.41, 5.74) is 2.74. The molecule has 1 rings (SSSR count). The van der Waals surface area contributed by atoms with Gasteiger partial charge in [0.15, 0.2) is 0 Å². The Hall–Kier alpha value is -0.500. The molecule has 1 aromatic carbocycles. The number of hydrogen-bond donors (Lipinski definition) is 0. The number of ether oxygens (including phenoxy) is 1. The van der Waals surface area contributed by atoms with Crippen molar-refractivity contribution in [1.29, 1.82) is 0 Å². The third-order valence-corrected chi connectivity index (χ3v) is 4.18. The smallest absolute Gasteiger partial charge is 0.119 e. The van der Waals surface area contributed by atoms with Crippen molar-refractivity contribution in [2.45, 2.75) is 46.5 Å². The molecule has 0 aliphatic heterocycles. The minimum absolute atomic E-state index is 0.578. The molecule has 0 aliphatic rings. The van der Waals surface area contributed by atoms with Crippen LogP contribution in [0.25, 0.3) is 0 Å². The number of alkyl halides is 1. The van der Waals surface area contributed by atoms with Gasteiger partial charge in [0.25, 0.3) is 0 Å². The van der Waals surface area contributed by atoms with Crippen molar-refractivity contribution in [3.63, 3.8) is 0 Å². The first-order valence-electron chi connectivity index (χ1n) is 6.87. The highest BCUT2D eigenvalue weighted by Gasteiger charge is 2.08. The Balaban J connectivity index is 2.60. The van der Waals surface area contributed by atoms with Crippen molar-refractivity contribution in [3.05, 3.63) is 29.3 Å². The highest BCUT2D eigenvalue weighted by molar-refractivity contribution is 9.09. The van der Waals surface area contributed by atoms with E-state index in [1.54, 1.807) is 0 Å². The van der Waals surface area contributed by atoms with E-state index in [9.17, 15) is 0 Å². The van der Waals surface area contributed by atoms with Crippen LogP contribution in [0.4, 0.5) is 0 Å². The standard InChI is InChI=1S/C16H25BrO/c1-5-6-14(10-17)11-18-15-7-8-16(12(2)3)13(4)9-15/h7-9,12,14H,5-6,10-11H2,1-4H3. The SMILES string of the molecule is CCCC(CBr)COc1ccc(C(C)C)c(C)c1. The zero-order chi connectivity index (χ0) is 13.5. The molecule has 0 N–H and O–H groups in total. The molecule has 1 aromatic rings. The Morgan fingerprint density at radius 3 is 2.50 bits per heavy atom. The molecule has 0 spiro atoms. The molecule has 0 amide bonds. The molecule has 0 aliphatic carbocycles. The van der Waals surface area contributed by atoms with E-state index in [1.165, 1.54) is 24.0 Å². The average molecular weight is 313 g/mol. The van der Waals surface area contributed by atoms with Gasteiger partial charge in [-0.3, -0.25) is 0 Å². The van der Waals surface area contributed by atoms with E-state index in [-0.39, 0.29) is 0 Å². The van der Waals surface area contributed by atoms with E-state index in [2.05, 4.69) is 61.8 Å². The summed E-state index contributed by atoms with van der Waals surface area (Å²) in [7, 11) is 0. The third kappa shape index (κ3) is 4.64. The van der Waals surface area contributed by atoms with Gasteiger partial charge in [0.05, 0.1) is 6.61 Å². The summed E-state index contributed by atoms with van der Waals surface area (Å²) in [4.78, 5) is 0. The predicted octanol–water partition coefficient (Wildman–Crippen LogP) is 5.31. The summed E-state index contributed by atoms with van der Waals surface area (Å²) < 4.78 is 5.90. The molecule has 1 nitrogen and oxygen atoms in total.